The largest absolute Gasteiger partial charge is 0.464 e. The number of amides is 1. The third-order valence-electron chi connectivity index (χ3n) is 2.16. The van der Waals surface area contributed by atoms with E-state index in [-0.39, 0.29) is 6.61 Å². The highest BCUT2D eigenvalue weighted by molar-refractivity contribution is 5.83. The summed E-state index contributed by atoms with van der Waals surface area (Å²) in [5.74, 6) is -0.599. The van der Waals surface area contributed by atoms with Gasteiger partial charge in [-0.15, -0.1) is 0 Å². The lowest BCUT2D eigenvalue weighted by atomic mass is 10.2. The second-order valence-corrected chi connectivity index (χ2v) is 5.24. The Morgan fingerprint density at radius 3 is 2.30 bits per heavy atom. The molecule has 0 spiro atoms. The predicted molar refractivity (Wildman–Crippen MR) is 75.2 cm³/mol. The van der Waals surface area contributed by atoms with Crippen molar-refractivity contribution in [1.82, 2.24) is 5.32 Å². The molecule has 6 heteroatoms. The van der Waals surface area contributed by atoms with E-state index in [1.54, 1.807) is 34.6 Å². The van der Waals surface area contributed by atoms with Crippen LogP contribution < -0.4 is 5.32 Å². The number of hydrogen-bond acceptors (Lipinski definition) is 5. The summed E-state index contributed by atoms with van der Waals surface area (Å²) in [6.45, 7) is 8.85. The smallest absolute Gasteiger partial charge is 0.408 e. The Hall–Kier alpha value is -1.56. The van der Waals surface area contributed by atoms with Crippen molar-refractivity contribution < 1.29 is 24.2 Å². The van der Waals surface area contributed by atoms with Crippen molar-refractivity contribution in [2.75, 3.05) is 6.61 Å². The zero-order valence-corrected chi connectivity index (χ0v) is 12.8. The SMILES string of the molecule is CCOC(=O)C(/C=C/C(O)CC)NC(=O)OC(C)(C)C. The van der Waals surface area contributed by atoms with E-state index in [4.69, 9.17) is 9.47 Å². The van der Waals surface area contributed by atoms with Gasteiger partial charge in [0.25, 0.3) is 0 Å². The quantitative estimate of drug-likeness (QED) is 0.574. The number of nitrogens with one attached hydrogen (secondary N) is 1. The molecule has 2 N–H and O–H groups in total. The van der Waals surface area contributed by atoms with Crippen molar-refractivity contribution in [3.05, 3.63) is 12.2 Å². The van der Waals surface area contributed by atoms with Crippen molar-refractivity contribution in [3.63, 3.8) is 0 Å². The van der Waals surface area contributed by atoms with E-state index >= 15 is 0 Å². The summed E-state index contributed by atoms with van der Waals surface area (Å²) < 4.78 is 9.93. The number of esters is 1. The minimum Gasteiger partial charge on any atom is -0.464 e. The van der Waals surface area contributed by atoms with Crippen LogP contribution in [-0.2, 0) is 14.3 Å². The van der Waals surface area contributed by atoms with Gasteiger partial charge in [-0.1, -0.05) is 19.1 Å². The van der Waals surface area contributed by atoms with Crippen LogP contribution in [-0.4, -0.2) is 41.5 Å². The van der Waals surface area contributed by atoms with Gasteiger partial charge in [0.05, 0.1) is 12.7 Å². The average molecular weight is 287 g/mol. The summed E-state index contributed by atoms with van der Waals surface area (Å²) in [4.78, 5) is 23.4. The summed E-state index contributed by atoms with van der Waals surface area (Å²) in [5.41, 5.74) is -0.657. The molecule has 0 aliphatic rings. The Bertz CT molecular complexity index is 346. The molecule has 0 rings (SSSR count). The van der Waals surface area contributed by atoms with E-state index in [1.165, 1.54) is 12.2 Å². The summed E-state index contributed by atoms with van der Waals surface area (Å²) in [6, 6.07) is -0.981. The molecule has 1 amide bonds. The molecular formula is C14H25NO5. The maximum absolute atomic E-state index is 11.7. The zero-order valence-electron chi connectivity index (χ0n) is 12.8. The second kappa shape index (κ2) is 8.58. The van der Waals surface area contributed by atoms with Crippen LogP contribution in [0.4, 0.5) is 4.79 Å². The topological polar surface area (TPSA) is 84.9 Å². The summed E-state index contributed by atoms with van der Waals surface area (Å²) in [5, 5.41) is 11.9. The van der Waals surface area contributed by atoms with Crippen molar-refractivity contribution in [2.24, 2.45) is 0 Å². The zero-order chi connectivity index (χ0) is 15.8. The molecule has 0 saturated heterocycles. The highest BCUT2D eigenvalue weighted by Gasteiger charge is 2.23. The Morgan fingerprint density at radius 1 is 1.25 bits per heavy atom. The molecule has 6 nitrogen and oxygen atoms in total. The molecular weight excluding hydrogens is 262 g/mol. The molecule has 116 valence electrons. The first-order chi connectivity index (χ1) is 9.19. The Morgan fingerprint density at radius 2 is 1.85 bits per heavy atom. The van der Waals surface area contributed by atoms with Crippen molar-refractivity contribution >= 4 is 12.1 Å². The molecule has 0 aliphatic heterocycles. The van der Waals surface area contributed by atoms with Gasteiger partial charge in [0, 0.05) is 0 Å². The highest BCUT2D eigenvalue weighted by Crippen LogP contribution is 2.07. The molecule has 0 bridgehead atoms. The van der Waals surface area contributed by atoms with Gasteiger partial charge < -0.3 is 19.9 Å². The number of carbonyl (C=O) groups is 2. The maximum Gasteiger partial charge on any atom is 0.408 e. The maximum atomic E-state index is 11.7. The summed E-state index contributed by atoms with van der Waals surface area (Å²) >= 11 is 0. The first-order valence-electron chi connectivity index (χ1n) is 6.72. The van der Waals surface area contributed by atoms with Crippen LogP contribution in [0.1, 0.15) is 41.0 Å². The number of alkyl carbamates (subject to hydrolysis) is 1. The second-order valence-electron chi connectivity index (χ2n) is 5.24. The van der Waals surface area contributed by atoms with E-state index in [2.05, 4.69) is 5.32 Å². The van der Waals surface area contributed by atoms with Crippen LogP contribution in [0.5, 0.6) is 0 Å². The molecule has 0 fully saturated rings. The molecule has 2 unspecified atom stereocenters. The minimum absolute atomic E-state index is 0.204. The number of hydrogen-bond donors (Lipinski definition) is 2. The van der Waals surface area contributed by atoms with Crippen LogP contribution in [0.15, 0.2) is 12.2 Å². The van der Waals surface area contributed by atoms with E-state index < -0.39 is 29.8 Å². The fraction of sp³-hybridized carbons (Fsp3) is 0.714. The van der Waals surface area contributed by atoms with Gasteiger partial charge in [0.15, 0.2) is 0 Å². The van der Waals surface area contributed by atoms with Crippen LogP contribution >= 0.6 is 0 Å². The van der Waals surface area contributed by atoms with E-state index in [1.807, 2.05) is 0 Å². The Kier molecular flexibility index (Phi) is 7.91. The summed E-state index contributed by atoms with van der Waals surface area (Å²) in [7, 11) is 0. The lowest BCUT2D eigenvalue weighted by Gasteiger charge is -2.21. The molecule has 2 atom stereocenters. The fourth-order valence-corrected chi connectivity index (χ4v) is 1.23. The van der Waals surface area contributed by atoms with Crippen molar-refractivity contribution in [2.45, 2.75) is 58.8 Å². The van der Waals surface area contributed by atoms with Crippen molar-refractivity contribution in [1.29, 1.82) is 0 Å². The van der Waals surface area contributed by atoms with Gasteiger partial charge in [0.1, 0.15) is 11.6 Å². The van der Waals surface area contributed by atoms with Gasteiger partial charge in [-0.05, 0) is 34.1 Å². The molecule has 0 aromatic carbocycles. The average Bonchev–Trinajstić information content (AvgIpc) is 2.31. The van der Waals surface area contributed by atoms with Gasteiger partial charge in [-0.3, -0.25) is 0 Å². The third kappa shape index (κ3) is 8.53. The van der Waals surface area contributed by atoms with E-state index in [0.29, 0.717) is 6.42 Å². The molecule has 0 saturated carbocycles. The number of rotatable bonds is 6. The van der Waals surface area contributed by atoms with Gasteiger partial charge in [0.2, 0.25) is 0 Å². The third-order valence-corrected chi connectivity index (χ3v) is 2.16. The summed E-state index contributed by atoms with van der Waals surface area (Å²) in [6.07, 6.45) is 1.96. The number of carbonyl (C=O) groups excluding carboxylic acids is 2. The molecule has 0 heterocycles. The predicted octanol–water partition coefficient (Wildman–Crippen LogP) is 1.77. The van der Waals surface area contributed by atoms with Crippen LogP contribution in [0.2, 0.25) is 0 Å². The molecule has 0 aromatic heterocycles. The normalized spacial score (nSPS) is 14.7. The molecule has 0 aromatic rings. The van der Waals surface area contributed by atoms with E-state index in [0.717, 1.165) is 0 Å². The monoisotopic (exact) mass is 287 g/mol. The van der Waals surface area contributed by atoms with Crippen molar-refractivity contribution in [3.8, 4) is 0 Å². The Balaban J connectivity index is 4.73. The van der Waals surface area contributed by atoms with E-state index in [9.17, 15) is 14.7 Å². The first kappa shape index (κ1) is 18.4. The van der Waals surface area contributed by atoms with Crippen LogP contribution in [0.3, 0.4) is 0 Å². The first-order valence-corrected chi connectivity index (χ1v) is 6.72. The highest BCUT2D eigenvalue weighted by atomic mass is 16.6. The fourth-order valence-electron chi connectivity index (χ4n) is 1.23. The molecule has 0 radical (unpaired) electrons. The van der Waals surface area contributed by atoms with Gasteiger partial charge in [-0.2, -0.15) is 0 Å². The number of aliphatic hydroxyl groups excluding tert-OH is 1. The lowest BCUT2D eigenvalue weighted by molar-refractivity contribution is -0.144. The molecule has 0 aliphatic carbocycles. The van der Waals surface area contributed by atoms with Gasteiger partial charge in [-0.25, -0.2) is 9.59 Å². The minimum atomic E-state index is -0.981. The lowest BCUT2D eigenvalue weighted by Crippen LogP contribution is -2.43. The number of ether oxygens (including phenoxy) is 2. The Labute approximate surface area is 120 Å². The number of aliphatic hydroxyl groups is 1. The molecule has 20 heavy (non-hydrogen) atoms. The van der Waals surface area contributed by atoms with Crippen LogP contribution in [0.25, 0.3) is 0 Å². The van der Waals surface area contributed by atoms with Gasteiger partial charge >= 0.3 is 12.1 Å². The van der Waals surface area contributed by atoms with Crippen LogP contribution in [0, 0.1) is 0 Å². The standard InChI is InChI=1S/C14H25NO5/c1-6-10(16)8-9-11(12(17)19-7-2)15-13(18)20-14(3,4)5/h8-11,16H,6-7H2,1-5H3,(H,15,18)/b9-8+.